The van der Waals surface area contributed by atoms with E-state index in [0.29, 0.717) is 30.3 Å². The summed E-state index contributed by atoms with van der Waals surface area (Å²) in [6, 6.07) is 0. The van der Waals surface area contributed by atoms with Crippen LogP contribution < -0.4 is 5.32 Å². The van der Waals surface area contributed by atoms with E-state index in [1.165, 1.54) is 6.42 Å². The molecule has 27 heavy (non-hydrogen) atoms. The number of hydrogen-bond acceptors (Lipinski definition) is 5. The van der Waals surface area contributed by atoms with Gasteiger partial charge in [-0.2, -0.15) is 0 Å². The summed E-state index contributed by atoms with van der Waals surface area (Å²) in [7, 11) is 0. The Bertz CT molecular complexity index is 661. The van der Waals surface area contributed by atoms with E-state index in [0.717, 1.165) is 30.2 Å². The maximum absolute atomic E-state index is 12.9. The molecule has 0 radical (unpaired) electrons. The number of carbonyl (C=O) groups is 2. The average Bonchev–Trinajstić information content (AvgIpc) is 2.61. The van der Waals surface area contributed by atoms with Gasteiger partial charge in [0.1, 0.15) is 0 Å². The number of hydrogen-bond donors (Lipinski definition) is 1. The standard InChI is InChI=1S/C22H33NO4/c1-7-26-20(24)17-12(3)23-13(4)18(21(25)27-8-2)19(17)15-10-9-14-11-16(15)22(14,5)6/h14-16,19,23H,7-11H2,1-6H3/t14-,15-,16-/m0/s1. The van der Waals surface area contributed by atoms with Crippen molar-refractivity contribution >= 4 is 11.9 Å². The molecule has 0 aromatic rings. The normalized spacial score (nSPS) is 29.8. The van der Waals surface area contributed by atoms with Gasteiger partial charge in [-0.15, -0.1) is 0 Å². The van der Waals surface area contributed by atoms with Crippen molar-refractivity contribution in [3.05, 3.63) is 22.5 Å². The first kappa shape index (κ1) is 20.0. The van der Waals surface area contributed by atoms with Crippen LogP contribution in [0.3, 0.4) is 0 Å². The largest absolute Gasteiger partial charge is 0.463 e. The molecular formula is C22H33NO4. The van der Waals surface area contributed by atoms with Crippen LogP contribution in [0.25, 0.3) is 0 Å². The first-order valence-electron chi connectivity index (χ1n) is 10.3. The Labute approximate surface area is 162 Å². The van der Waals surface area contributed by atoms with Gasteiger partial charge in [-0.25, -0.2) is 9.59 Å². The number of nitrogens with one attached hydrogen (secondary N) is 1. The number of rotatable bonds is 5. The summed E-state index contributed by atoms with van der Waals surface area (Å²) < 4.78 is 10.8. The second-order valence-corrected chi connectivity index (χ2v) is 8.72. The number of allylic oxidation sites excluding steroid dienone is 2. The molecule has 0 aromatic heterocycles. The van der Waals surface area contributed by atoms with E-state index in [2.05, 4.69) is 19.2 Å². The van der Waals surface area contributed by atoms with E-state index in [4.69, 9.17) is 9.47 Å². The van der Waals surface area contributed by atoms with Crippen molar-refractivity contribution in [1.29, 1.82) is 0 Å². The number of fused-ring (bicyclic) bond motifs is 2. The number of dihydropyridines is 1. The van der Waals surface area contributed by atoms with Crippen molar-refractivity contribution in [2.24, 2.45) is 29.1 Å². The van der Waals surface area contributed by atoms with Crippen LogP contribution in [-0.4, -0.2) is 25.2 Å². The van der Waals surface area contributed by atoms with E-state index in [1.807, 2.05) is 27.7 Å². The zero-order valence-corrected chi connectivity index (χ0v) is 17.5. The Hall–Kier alpha value is -1.78. The molecule has 150 valence electrons. The second kappa shape index (κ2) is 7.33. The lowest BCUT2D eigenvalue weighted by molar-refractivity contribution is -0.145. The summed E-state index contributed by atoms with van der Waals surface area (Å²) in [5, 5.41) is 3.23. The molecule has 1 heterocycles. The summed E-state index contributed by atoms with van der Waals surface area (Å²) in [5.41, 5.74) is 3.06. The van der Waals surface area contributed by atoms with E-state index < -0.39 is 0 Å². The summed E-state index contributed by atoms with van der Waals surface area (Å²) in [6.07, 6.45) is 3.38. The van der Waals surface area contributed by atoms with Crippen LogP contribution in [0.1, 0.15) is 60.8 Å². The molecule has 1 aliphatic heterocycles. The lowest BCUT2D eigenvalue weighted by Gasteiger charge is -2.62. The summed E-state index contributed by atoms with van der Waals surface area (Å²) >= 11 is 0. The number of esters is 2. The van der Waals surface area contributed by atoms with Gasteiger partial charge in [0, 0.05) is 17.3 Å². The SMILES string of the molecule is CCOC(=O)C1=C(C)NC(C)=C(C(=O)OCC)C1[C@H]1CC[C@H]2C[C@@H]1C2(C)C. The predicted molar refractivity (Wildman–Crippen MR) is 103 cm³/mol. The number of carbonyl (C=O) groups excluding carboxylic acids is 2. The van der Waals surface area contributed by atoms with Crippen molar-refractivity contribution in [3.8, 4) is 0 Å². The van der Waals surface area contributed by atoms with E-state index in [9.17, 15) is 9.59 Å². The van der Waals surface area contributed by atoms with Crippen molar-refractivity contribution in [2.45, 2.75) is 60.8 Å². The highest BCUT2D eigenvalue weighted by molar-refractivity contribution is 5.98. The molecule has 0 amide bonds. The first-order valence-corrected chi connectivity index (χ1v) is 10.3. The average molecular weight is 376 g/mol. The van der Waals surface area contributed by atoms with Gasteiger partial charge in [-0.05, 0) is 70.1 Å². The number of ether oxygens (including phenoxy) is 2. The zero-order chi connectivity index (χ0) is 19.9. The van der Waals surface area contributed by atoms with Crippen LogP contribution in [0.5, 0.6) is 0 Å². The van der Waals surface area contributed by atoms with Crippen LogP contribution in [0.2, 0.25) is 0 Å². The molecule has 5 nitrogen and oxygen atoms in total. The highest BCUT2D eigenvalue weighted by Crippen LogP contribution is 2.64. The van der Waals surface area contributed by atoms with Gasteiger partial charge < -0.3 is 14.8 Å². The summed E-state index contributed by atoms with van der Waals surface area (Å²) in [5.74, 6) is 0.634. The van der Waals surface area contributed by atoms with Crippen LogP contribution in [0.4, 0.5) is 0 Å². The van der Waals surface area contributed by atoms with Gasteiger partial charge >= 0.3 is 11.9 Å². The van der Waals surface area contributed by atoms with Gasteiger partial charge in [-0.1, -0.05) is 13.8 Å². The van der Waals surface area contributed by atoms with E-state index in [-0.39, 0.29) is 29.2 Å². The van der Waals surface area contributed by atoms with Crippen LogP contribution >= 0.6 is 0 Å². The molecule has 1 N–H and O–H groups in total. The maximum atomic E-state index is 12.9. The Morgan fingerprint density at radius 3 is 1.93 bits per heavy atom. The van der Waals surface area contributed by atoms with Crippen LogP contribution in [0.15, 0.2) is 22.5 Å². The fraction of sp³-hybridized carbons (Fsp3) is 0.727. The Kier molecular flexibility index (Phi) is 5.42. The predicted octanol–water partition coefficient (Wildman–Crippen LogP) is 3.95. The van der Waals surface area contributed by atoms with Gasteiger partial charge in [0.15, 0.2) is 0 Å². The summed E-state index contributed by atoms with van der Waals surface area (Å²) in [6.45, 7) is 12.7. The molecule has 5 heteroatoms. The molecule has 0 aromatic carbocycles. The fourth-order valence-electron chi connectivity index (χ4n) is 5.70. The topological polar surface area (TPSA) is 64.6 Å². The molecule has 4 aliphatic rings. The molecule has 3 fully saturated rings. The Balaban J connectivity index is 2.06. The van der Waals surface area contributed by atoms with Crippen molar-refractivity contribution in [2.75, 3.05) is 13.2 Å². The maximum Gasteiger partial charge on any atom is 0.336 e. The molecular weight excluding hydrogens is 342 g/mol. The first-order chi connectivity index (χ1) is 12.7. The van der Waals surface area contributed by atoms with Crippen LogP contribution in [0, 0.1) is 29.1 Å². The van der Waals surface area contributed by atoms with E-state index in [1.54, 1.807) is 0 Å². The Morgan fingerprint density at radius 1 is 1.00 bits per heavy atom. The third-order valence-electron chi connectivity index (χ3n) is 7.14. The molecule has 4 rings (SSSR count). The molecule has 3 saturated carbocycles. The second-order valence-electron chi connectivity index (χ2n) is 8.72. The lowest BCUT2D eigenvalue weighted by Crippen LogP contribution is -2.55. The van der Waals surface area contributed by atoms with Gasteiger partial charge in [0.05, 0.1) is 24.4 Å². The summed E-state index contributed by atoms with van der Waals surface area (Å²) in [4.78, 5) is 25.8. The van der Waals surface area contributed by atoms with Gasteiger partial charge in [0.25, 0.3) is 0 Å². The molecule has 0 spiro atoms. The molecule has 0 saturated heterocycles. The molecule has 3 atom stereocenters. The minimum Gasteiger partial charge on any atom is -0.463 e. The minimum atomic E-state index is -0.318. The smallest absolute Gasteiger partial charge is 0.336 e. The third kappa shape index (κ3) is 3.19. The molecule has 2 bridgehead atoms. The monoisotopic (exact) mass is 375 g/mol. The zero-order valence-electron chi connectivity index (χ0n) is 17.5. The van der Waals surface area contributed by atoms with Gasteiger partial charge in [-0.3, -0.25) is 0 Å². The molecule has 3 aliphatic carbocycles. The van der Waals surface area contributed by atoms with Crippen molar-refractivity contribution < 1.29 is 19.1 Å². The Morgan fingerprint density at radius 2 is 1.52 bits per heavy atom. The highest BCUT2D eigenvalue weighted by atomic mass is 16.5. The molecule has 0 unspecified atom stereocenters. The fourth-order valence-corrected chi connectivity index (χ4v) is 5.70. The van der Waals surface area contributed by atoms with Crippen molar-refractivity contribution in [1.82, 2.24) is 5.32 Å². The van der Waals surface area contributed by atoms with Gasteiger partial charge in [0.2, 0.25) is 0 Å². The highest BCUT2D eigenvalue weighted by Gasteiger charge is 2.58. The van der Waals surface area contributed by atoms with E-state index >= 15 is 0 Å². The van der Waals surface area contributed by atoms with Crippen LogP contribution in [-0.2, 0) is 19.1 Å². The quantitative estimate of drug-likeness (QED) is 0.737. The lowest BCUT2D eigenvalue weighted by atomic mass is 9.43. The third-order valence-corrected chi connectivity index (χ3v) is 7.14. The van der Waals surface area contributed by atoms with Crippen molar-refractivity contribution in [3.63, 3.8) is 0 Å². The minimum absolute atomic E-state index is 0.255.